The van der Waals surface area contributed by atoms with Crippen molar-refractivity contribution < 1.29 is 4.74 Å². The lowest BCUT2D eigenvalue weighted by atomic mass is 9.99. The number of hydrogen-bond acceptors (Lipinski definition) is 3. The van der Waals surface area contributed by atoms with Gasteiger partial charge < -0.3 is 10.5 Å². The van der Waals surface area contributed by atoms with E-state index in [2.05, 4.69) is 53.6 Å². The molecule has 2 aromatic rings. The molecule has 1 aromatic heterocycles. The molecule has 1 atom stereocenters. The molecule has 3 nitrogen and oxygen atoms in total. The third-order valence-electron chi connectivity index (χ3n) is 3.12. The summed E-state index contributed by atoms with van der Waals surface area (Å²) in [6.07, 6.45) is 4.51. The molecule has 0 aliphatic rings. The van der Waals surface area contributed by atoms with Gasteiger partial charge in [0.15, 0.2) is 0 Å². The molecule has 0 bridgehead atoms. The third-order valence-corrected chi connectivity index (χ3v) is 4.60. The zero-order valence-corrected chi connectivity index (χ0v) is 13.9. The summed E-state index contributed by atoms with van der Waals surface area (Å²) < 4.78 is 6.82. The minimum atomic E-state index is -0.181. The Bertz CT molecular complexity index is 586. The number of hydrogen-bond donors (Lipinski definition) is 1. The highest BCUT2D eigenvalue weighted by Gasteiger charge is 2.14. The van der Waals surface area contributed by atoms with E-state index >= 15 is 0 Å². The highest BCUT2D eigenvalue weighted by atomic mass is 127. The smallest absolute Gasteiger partial charge is 0.137 e. The van der Waals surface area contributed by atoms with Crippen LogP contribution in [0.15, 0.2) is 36.7 Å². The van der Waals surface area contributed by atoms with E-state index in [1.54, 1.807) is 6.20 Å². The van der Waals surface area contributed by atoms with Gasteiger partial charge in [0.05, 0.1) is 18.8 Å². The monoisotopic (exact) mass is 382 g/mol. The van der Waals surface area contributed by atoms with Crippen LogP contribution in [-0.4, -0.2) is 11.6 Å². The molecule has 106 valence electrons. The highest BCUT2D eigenvalue weighted by Crippen LogP contribution is 2.27. The fourth-order valence-corrected chi connectivity index (χ4v) is 2.69. The van der Waals surface area contributed by atoms with E-state index < -0.39 is 0 Å². The van der Waals surface area contributed by atoms with Crippen molar-refractivity contribution in [2.75, 3.05) is 6.61 Å². The van der Waals surface area contributed by atoms with Crippen LogP contribution < -0.4 is 10.5 Å². The summed E-state index contributed by atoms with van der Waals surface area (Å²) in [5.74, 6) is 0.780. The lowest BCUT2D eigenvalue weighted by Gasteiger charge is -2.16. The van der Waals surface area contributed by atoms with Gasteiger partial charge in [-0.3, -0.25) is 4.98 Å². The van der Waals surface area contributed by atoms with E-state index in [4.69, 9.17) is 10.5 Å². The van der Waals surface area contributed by atoms with Crippen molar-refractivity contribution in [3.05, 3.63) is 56.9 Å². The fourth-order valence-electron chi connectivity index (χ4n) is 1.99. The second-order valence-corrected chi connectivity index (χ2v) is 5.84. The van der Waals surface area contributed by atoms with Gasteiger partial charge in [-0.25, -0.2) is 0 Å². The second-order valence-electron chi connectivity index (χ2n) is 4.76. The lowest BCUT2D eigenvalue weighted by Crippen LogP contribution is -2.14. The van der Waals surface area contributed by atoms with Gasteiger partial charge in [0.1, 0.15) is 5.75 Å². The molecule has 1 unspecified atom stereocenters. The fraction of sp³-hybridized carbons (Fsp3) is 0.312. The Morgan fingerprint density at radius 3 is 2.90 bits per heavy atom. The Morgan fingerprint density at radius 2 is 2.15 bits per heavy atom. The number of aryl methyl sites for hydroxylation is 1. The zero-order chi connectivity index (χ0) is 14.5. The van der Waals surface area contributed by atoms with Crippen molar-refractivity contribution in [2.24, 2.45) is 5.73 Å². The predicted octanol–water partition coefficient (Wildman–Crippen LogP) is 3.83. The van der Waals surface area contributed by atoms with Crippen LogP contribution in [0.4, 0.5) is 0 Å². The van der Waals surface area contributed by atoms with E-state index in [0.29, 0.717) is 6.61 Å². The van der Waals surface area contributed by atoms with Gasteiger partial charge in [-0.1, -0.05) is 25.1 Å². The quantitative estimate of drug-likeness (QED) is 0.800. The van der Waals surface area contributed by atoms with E-state index in [1.165, 1.54) is 9.13 Å². The van der Waals surface area contributed by atoms with E-state index in [0.717, 1.165) is 23.3 Å². The van der Waals surface area contributed by atoms with Crippen molar-refractivity contribution in [3.8, 4) is 5.75 Å². The van der Waals surface area contributed by atoms with Crippen molar-refractivity contribution in [3.63, 3.8) is 0 Å². The number of pyridine rings is 1. The number of nitrogens with two attached hydrogens (primary N) is 1. The summed E-state index contributed by atoms with van der Waals surface area (Å²) in [6.45, 7) is 4.87. The van der Waals surface area contributed by atoms with Crippen LogP contribution in [0.2, 0.25) is 0 Å². The molecule has 4 heteroatoms. The Morgan fingerprint density at radius 1 is 1.35 bits per heavy atom. The predicted molar refractivity (Wildman–Crippen MR) is 89.9 cm³/mol. The summed E-state index contributed by atoms with van der Waals surface area (Å²) in [6, 6.07) is 8.00. The summed E-state index contributed by atoms with van der Waals surface area (Å²) in [4.78, 5) is 4.23. The topological polar surface area (TPSA) is 48.1 Å². The maximum Gasteiger partial charge on any atom is 0.137 e. The van der Waals surface area contributed by atoms with E-state index in [1.807, 2.05) is 18.3 Å². The largest absolute Gasteiger partial charge is 0.492 e. The minimum absolute atomic E-state index is 0.181. The summed E-state index contributed by atoms with van der Waals surface area (Å²) in [7, 11) is 0. The first-order valence-corrected chi connectivity index (χ1v) is 7.79. The van der Waals surface area contributed by atoms with Crippen LogP contribution in [0.1, 0.15) is 36.1 Å². The SMILES string of the molecule is CCCOc1cncc(C(N)c2cccc(C)c2I)c1. The van der Waals surface area contributed by atoms with Gasteiger partial charge in [0, 0.05) is 9.77 Å². The van der Waals surface area contributed by atoms with Gasteiger partial charge in [-0.2, -0.15) is 0 Å². The van der Waals surface area contributed by atoms with Crippen LogP contribution in [-0.2, 0) is 0 Å². The van der Waals surface area contributed by atoms with Crippen LogP contribution in [0.3, 0.4) is 0 Å². The molecular formula is C16H19IN2O. The van der Waals surface area contributed by atoms with Gasteiger partial charge in [-0.05, 0) is 58.7 Å². The minimum Gasteiger partial charge on any atom is -0.492 e. The Labute approximate surface area is 133 Å². The molecular weight excluding hydrogens is 363 g/mol. The molecule has 20 heavy (non-hydrogen) atoms. The molecule has 0 saturated heterocycles. The molecule has 0 saturated carbocycles. The molecule has 0 amide bonds. The molecule has 0 fully saturated rings. The van der Waals surface area contributed by atoms with Crippen molar-refractivity contribution >= 4 is 22.6 Å². The number of rotatable bonds is 5. The van der Waals surface area contributed by atoms with E-state index in [9.17, 15) is 0 Å². The van der Waals surface area contributed by atoms with Gasteiger partial charge in [-0.15, -0.1) is 0 Å². The molecule has 0 aliphatic heterocycles. The molecule has 2 rings (SSSR count). The van der Waals surface area contributed by atoms with Crippen molar-refractivity contribution in [2.45, 2.75) is 26.3 Å². The Hall–Kier alpha value is -1.14. The molecule has 1 aromatic carbocycles. The number of ether oxygens (including phenoxy) is 1. The summed E-state index contributed by atoms with van der Waals surface area (Å²) >= 11 is 2.35. The molecule has 0 aliphatic carbocycles. The first kappa shape index (κ1) is 15.3. The number of aromatic nitrogens is 1. The standard InChI is InChI=1S/C16H19IN2O/c1-3-7-20-13-8-12(9-19-10-13)16(18)14-6-4-5-11(2)15(14)17/h4-6,8-10,16H,3,7,18H2,1-2H3. The molecule has 0 spiro atoms. The summed E-state index contributed by atoms with van der Waals surface area (Å²) in [5, 5.41) is 0. The van der Waals surface area contributed by atoms with Crippen LogP contribution >= 0.6 is 22.6 Å². The second kappa shape index (κ2) is 7.04. The number of benzene rings is 1. The van der Waals surface area contributed by atoms with Gasteiger partial charge in [0.2, 0.25) is 0 Å². The average Bonchev–Trinajstić information content (AvgIpc) is 2.47. The maximum atomic E-state index is 6.38. The maximum absolute atomic E-state index is 6.38. The van der Waals surface area contributed by atoms with Crippen molar-refractivity contribution in [1.29, 1.82) is 0 Å². The van der Waals surface area contributed by atoms with Crippen LogP contribution in [0, 0.1) is 10.5 Å². The zero-order valence-electron chi connectivity index (χ0n) is 11.8. The summed E-state index contributed by atoms with van der Waals surface area (Å²) in [5.41, 5.74) is 9.72. The normalized spacial score (nSPS) is 12.2. The number of nitrogens with zero attached hydrogens (tertiary/aromatic N) is 1. The lowest BCUT2D eigenvalue weighted by molar-refractivity contribution is 0.315. The number of halogens is 1. The Kier molecular flexibility index (Phi) is 5.37. The Balaban J connectivity index is 2.28. The van der Waals surface area contributed by atoms with E-state index in [-0.39, 0.29) is 6.04 Å². The average molecular weight is 382 g/mol. The van der Waals surface area contributed by atoms with Gasteiger partial charge >= 0.3 is 0 Å². The van der Waals surface area contributed by atoms with Crippen LogP contribution in [0.25, 0.3) is 0 Å². The molecule has 0 radical (unpaired) electrons. The van der Waals surface area contributed by atoms with Gasteiger partial charge in [0.25, 0.3) is 0 Å². The first-order chi connectivity index (χ1) is 9.63. The third kappa shape index (κ3) is 3.49. The van der Waals surface area contributed by atoms with Crippen molar-refractivity contribution in [1.82, 2.24) is 4.98 Å². The first-order valence-electron chi connectivity index (χ1n) is 6.71. The van der Waals surface area contributed by atoms with Crippen LogP contribution in [0.5, 0.6) is 5.75 Å². The molecule has 2 N–H and O–H groups in total. The molecule has 1 heterocycles. The highest BCUT2D eigenvalue weighted by molar-refractivity contribution is 14.1.